The van der Waals surface area contributed by atoms with Crippen LogP contribution in [0.15, 0.2) is 30.3 Å². The Morgan fingerprint density at radius 2 is 1.87 bits per heavy atom. The van der Waals surface area contributed by atoms with Gasteiger partial charge < -0.3 is 4.74 Å². The van der Waals surface area contributed by atoms with Crippen molar-refractivity contribution in [2.75, 3.05) is 7.11 Å². The lowest BCUT2D eigenvalue weighted by Gasteiger charge is -1.95. The van der Waals surface area contributed by atoms with Crippen molar-refractivity contribution < 1.29 is 14.3 Å². The maximum absolute atomic E-state index is 10.8. The van der Waals surface area contributed by atoms with Gasteiger partial charge in [0.15, 0.2) is 0 Å². The highest BCUT2D eigenvalue weighted by Gasteiger charge is 1.99. The van der Waals surface area contributed by atoms with E-state index in [0.29, 0.717) is 5.56 Å². The Kier molecular flexibility index (Phi) is 4.06. The maximum Gasteiger partial charge on any atom is 0.330 e. The fourth-order valence-electron chi connectivity index (χ4n) is 0.958. The van der Waals surface area contributed by atoms with Gasteiger partial charge in [-0.2, -0.15) is 0 Å². The summed E-state index contributed by atoms with van der Waals surface area (Å²) in [5, 5.41) is -0.501. The van der Waals surface area contributed by atoms with E-state index in [4.69, 9.17) is 11.6 Å². The summed E-state index contributed by atoms with van der Waals surface area (Å²) in [4.78, 5) is 21.5. The number of hydrogen-bond acceptors (Lipinski definition) is 3. The molecule has 0 aromatic heterocycles. The van der Waals surface area contributed by atoms with E-state index in [2.05, 4.69) is 4.74 Å². The molecule has 3 nitrogen and oxygen atoms in total. The van der Waals surface area contributed by atoms with E-state index in [1.165, 1.54) is 13.2 Å². The molecule has 0 fully saturated rings. The number of carbonyl (C=O) groups is 2. The molecule has 4 heteroatoms. The fourth-order valence-corrected chi connectivity index (χ4v) is 1.08. The Bertz CT molecular complexity index is 393. The third kappa shape index (κ3) is 3.56. The van der Waals surface area contributed by atoms with Crippen LogP contribution in [0.1, 0.15) is 15.9 Å². The Morgan fingerprint density at radius 3 is 2.33 bits per heavy atom. The van der Waals surface area contributed by atoms with Crippen LogP contribution >= 0.6 is 11.6 Å². The number of benzene rings is 1. The van der Waals surface area contributed by atoms with Gasteiger partial charge in [-0.25, -0.2) is 4.79 Å². The van der Waals surface area contributed by atoms with Gasteiger partial charge in [-0.1, -0.05) is 12.1 Å². The summed E-state index contributed by atoms with van der Waals surface area (Å²) in [5.41, 5.74) is 1.22. The quantitative estimate of drug-likeness (QED) is 0.449. The van der Waals surface area contributed by atoms with Gasteiger partial charge in [-0.3, -0.25) is 4.79 Å². The van der Waals surface area contributed by atoms with Gasteiger partial charge >= 0.3 is 5.97 Å². The number of carbonyl (C=O) groups excluding carboxylic acids is 2. The van der Waals surface area contributed by atoms with Gasteiger partial charge in [0.05, 0.1) is 7.11 Å². The normalized spacial score (nSPS) is 10.3. The average molecular weight is 225 g/mol. The molecular weight excluding hydrogens is 216 g/mol. The first-order valence-corrected chi connectivity index (χ1v) is 4.57. The molecule has 78 valence electrons. The van der Waals surface area contributed by atoms with Crippen LogP contribution in [-0.4, -0.2) is 18.3 Å². The molecule has 0 spiro atoms. The third-order valence-electron chi connectivity index (χ3n) is 1.75. The van der Waals surface area contributed by atoms with Gasteiger partial charge in [0.25, 0.3) is 5.24 Å². The molecule has 0 unspecified atom stereocenters. The molecule has 0 saturated carbocycles. The molecule has 0 heterocycles. The molecule has 0 aliphatic carbocycles. The Labute approximate surface area is 92.3 Å². The van der Waals surface area contributed by atoms with Crippen LogP contribution in [0, 0.1) is 0 Å². The van der Waals surface area contributed by atoms with Gasteiger partial charge in [0, 0.05) is 11.6 Å². The van der Waals surface area contributed by atoms with Crippen molar-refractivity contribution in [1.29, 1.82) is 0 Å². The number of hydrogen-bond donors (Lipinski definition) is 0. The lowest BCUT2D eigenvalue weighted by molar-refractivity contribution is -0.134. The summed E-state index contributed by atoms with van der Waals surface area (Å²) in [7, 11) is 1.31. The van der Waals surface area contributed by atoms with Crippen LogP contribution in [-0.2, 0) is 9.53 Å². The zero-order valence-corrected chi connectivity index (χ0v) is 8.82. The lowest BCUT2D eigenvalue weighted by atomic mass is 10.1. The van der Waals surface area contributed by atoms with Crippen LogP contribution in [0.25, 0.3) is 6.08 Å². The fraction of sp³-hybridized carbons (Fsp3) is 0.0909. The molecule has 1 rings (SSSR count). The van der Waals surface area contributed by atoms with E-state index in [0.717, 1.165) is 5.56 Å². The molecule has 1 aromatic rings. The van der Waals surface area contributed by atoms with Crippen molar-refractivity contribution in [2.45, 2.75) is 0 Å². The smallest absolute Gasteiger partial charge is 0.330 e. The summed E-state index contributed by atoms with van der Waals surface area (Å²) >= 11 is 5.27. The molecule has 0 bridgehead atoms. The van der Waals surface area contributed by atoms with Crippen molar-refractivity contribution in [3.05, 3.63) is 41.5 Å². The third-order valence-corrected chi connectivity index (χ3v) is 1.97. The van der Waals surface area contributed by atoms with Crippen molar-refractivity contribution in [3.63, 3.8) is 0 Å². The molecule has 0 aliphatic rings. The summed E-state index contributed by atoms with van der Waals surface area (Å²) in [6.07, 6.45) is 2.89. The van der Waals surface area contributed by atoms with Crippen molar-refractivity contribution in [2.24, 2.45) is 0 Å². The maximum atomic E-state index is 10.8. The number of rotatable bonds is 3. The summed E-state index contributed by atoms with van der Waals surface area (Å²) in [6.45, 7) is 0. The van der Waals surface area contributed by atoms with Crippen LogP contribution in [0.4, 0.5) is 0 Å². The molecule has 0 aliphatic heterocycles. The molecule has 0 atom stereocenters. The largest absolute Gasteiger partial charge is 0.466 e. The second kappa shape index (κ2) is 5.32. The first kappa shape index (κ1) is 11.5. The second-order valence-corrected chi connectivity index (χ2v) is 3.10. The van der Waals surface area contributed by atoms with Gasteiger partial charge in [0.2, 0.25) is 0 Å². The molecule has 1 aromatic carbocycles. The molecule has 15 heavy (non-hydrogen) atoms. The minimum Gasteiger partial charge on any atom is -0.466 e. The van der Waals surface area contributed by atoms with Crippen molar-refractivity contribution in [1.82, 2.24) is 0 Å². The number of esters is 1. The predicted octanol–water partition coefficient (Wildman–Crippen LogP) is 2.25. The summed E-state index contributed by atoms with van der Waals surface area (Å²) in [6, 6.07) is 6.56. The predicted molar refractivity (Wildman–Crippen MR) is 57.7 cm³/mol. The van der Waals surface area contributed by atoms with Gasteiger partial charge in [-0.05, 0) is 35.4 Å². The zero-order chi connectivity index (χ0) is 11.3. The minimum absolute atomic E-state index is 0.423. The first-order chi connectivity index (χ1) is 7.13. The van der Waals surface area contributed by atoms with Crippen LogP contribution in [0.2, 0.25) is 0 Å². The SMILES string of the molecule is COC(=O)C=Cc1ccc(C(=O)Cl)cc1. The highest BCUT2D eigenvalue weighted by molar-refractivity contribution is 6.67. The summed E-state index contributed by atoms with van der Waals surface area (Å²) in [5.74, 6) is -0.424. The standard InChI is InChI=1S/C11H9ClO3/c1-15-10(13)7-4-8-2-5-9(6-3-8)11(12)14/h2-7H,1H3. The molecule has 0 saturated heterocycles. The average Bonchev–Trinajstić information content (AvgIpc) is 2.26. The van der Waals surface area contributed by atoms with E-state index in [-0.39, 0.29) is 0 Å². The van der Waals surface area contributed by atoms with Crippen LogP contribution in [0.3, 0.4) is 0 Å². The van der Waals surface area contributed by atoms with E-state index in [9.17, 15) is 9.59 Å². The van der Waals surface area contributed by atoms with Crippen LogP contribution < -0.4 is 0 Å². The van der Waals surface area contributed by atoms with E-state index >= 15 is 0 Å². The van der Waals surface area contributed by atoms with E-state index < -0.39 is 11.2 Å². The Morgan fingerprint density at radius 1 is 1.27 bits per heavy atom. The molecule has 0 N–H and O–H groups in total. The molecule has 0 radical (unpaired) electrons. The van der Waals surface area contributed by atoms with Crippen molar-refractivity contribution >= 4 is 28.9 Å². The molecule has 0 amide bonds. The second-order valence-electron chi connectivity index (χ2n) is 2.75. The number of halogens is 1. The Balaban J connectivity index is 2.77. The molecular formula is C11H9ClO3. The van der Waals surface area contributed by atoms with E-state index in [1.807, 2.05) is 0 Å². The lowest BCUT2D eigenvalue weighted by Crippen LogP contribution is -1.93. The van der Waals surface area contributed by atoms with Crippen LogP contribution in [0.5, 0.6) is 0 Å². The summed E-state index contributed by atoms with van der Waals surface area (Å²) < 4.78 is 4.43. The topological polar surface area (TPSA) is 43.4 Å². The number of ether oxygens (including phenoxy) is 1. The van der Waals surface area contributed by atoms with Crippen molar-refractivity contribution in [3.8, 4) is 0 Å². The Hall–Kier alpha value is -1.61. The minimum atomic E-state index is -0.501. The first-order valence-electron chi connectivity index (χ1n) is 4.19. The number of methoxy groups -OCH3 is 1. The zero-order valence-electron chi connectivity index (χ0n) is 8.07. The highest BCUT2D eigenvalue weighted by atomic mass is 35.5. The van der Waals surface area contributed by atoms with E-state index in [1.54, 1.807) is 30.3 Å². The van der Waals surface area contributed by atoms with Gasteiger partial charge in [-0.15, -0.1) is 0 Å². The highest BCUT2D eigenvalue weighted by Crippen LogP contribution is 2.08. The van der Waals surface area contributed by atoms with Gasteiger partial charge in [0.1, 0.15) is 0 Å². The monoisotopic (exact) mass is 224 g/mol.